The first-order chi connectivity index (χ1) is 26.8. The number of aromatic nitrogens is 5. The van der Waals surface area contributed by atoms with Crippen LogP contribution < -0.4 is 0 Å². The molecule has 0 saturated carbocycles. The highest BCUT2D eigenvalue weighted by Gasteiger charge is 2.20. The van der Waals surface area contributed by atoms with Crippen LogP contribution in [0.2, 0.25) is 0 Å². The van der Waals surface area contributed by atoms with Crippen LogP contribution in [0.5, 0.6) is 0 Å². The summed E-state index contributed by atoms with van der Waals surface area (Å²) >= 11 is 0. The molecule has 7 aromatic carbocycles. The van der Waals surface area contributed by atoms with E-state index in [1.165, 1.54) is 32.6 Å². The molecule has 0 atom stereocenters. The van der Waals surface area contributed by atoms with Crippen LogP contribution in [0.4, 0.5) is 0 Å². The van der Waals surface area contributed by atoms with Gasteiger partial charge in [0.1, 0.15) is 11.2 Å². The van der Waals surface area contributed by atoms with Crippen molar-refractivity contribution in [3.05, 3.63) is 176 Å². The maximum Gasteiger partial charge on any atom is 0.164 e. The first kappa shape index (κ1) is 30.2. The number of fused-ring (bicyclic) bond motifs is 8. The number of para-hydroxylation sites is 1. The Morgan fingerprint density at radius 2 is 1.15 bits per heavy atom. The van der Waals surface area contributed by atoms with E-state index < -0.39 is 0 Å². The SMILES string of the molecule is c1ccc(-c2nc(-c3ccccc3-c3cccc(-n4c5ccccc5c5ccc6ccccc6c54)c3)nc(-c3cccc4oc5ccncc5c34)n2)cc1. The molecule has 11 rings (SSSR count). The zero-order valence-corrected chi connectivity index (χ0v) is 28.9. The molecule has 0 saturated heterocycles. The van der Waals surface area contributed by atoms with Crippen molar-refractivity contribution in [3.63, 3.8) is 0 Å². The maximum atomic E-state index is 6.23. The van der Waals surface area contributed by atoms with E-state index >= 15 is 0 Å². The molecule has 11 aromatic rings. The van der Waals surface area contributed by atoms with E-state index in [2.05, 4.69) is 113 Å². The molecule has 4 heterocycles. The summed E-state index contributed by atoms with van der Waals surface area (Å²) in [6.45, 7) is 0. The Morgan fingerprint density at radius 3 is 2.06 bits per heavy atom. The van der Waals surface area contributed by atoms with E-state index in [9.17, 15) is 0 Å². The lowest BCUT2D eigenvalue weighted by Crippen LogP contribution is -2.01. The van der Waals surface area contributed by atoms with E-state index in [-0.39, 0.29) is 0 Å². The van der Waals surface area contributed by atoms with Gasteiger partial charge in [-0.15, -0.1) is 0 Å². The lowest BCUT2D eigenvalue weighted by atomic mass is 9.98. The van der Waals surface area contributed by atoms with Gasteiger partial charge < -0.3 is 8.98 Å². The summed E-state index contributed by atoms with van der Waals surface area (Å²) in [6.07, 6.45) is 3.58. The Morgan fingerprint density at radius 1 is 0.444 bits per heavy atom. The molecule has 0 bridgehead atoms. The van der Waals surface area contributed by atoms with Crippen molar-refractivity contribution in [3.8, 4) is 51.0 Å². The number of nitrogens with zero attached hydrogens (tertiary/aromatic N) is 5. The molecule has 0 unspecified atom stereocenters. The zero-order valence-electron chi connectivity index (χ0n) is 28.9. The van der Waals surface area contributed by atoms with Gasteiger partial charge in [0.2, 0.25) is 0 Å². The van der Waals surface area contributed by atoms with Crippen molar-refractivity contribution < 1.29 is 4.42 Å². The van der Waals surface area contributed by atoms with Crippen molar-refractivity contribution in [2.24, 2.45) is 0 Å². The largest absolute Gasteiger partial charge is 0.456 e. The van der Waals surface area contributed by atoms with E-state index in [1.54, 1.807) is 6.20 Å². The Balaban J connectivity index is 1.13. The number of hydrogen-bond acceptors (Lipinski definition) is 5. The second-order valence-electron chi connectivity index (χ2n) is 13.5. The monoisotopic (exact) mass is 691 g/mol. The number of benzene rings is 7. The minimum atomic E-state index is 0.566. The lowest BCUT2D eigenvalue weighted by molar-refractivity contribution is 0.668. The Bertz CT molecular complexity index is 3230. The molecule has 0 N–H and O–H groups in total. The van der Waals surface area contributed by atoms with Crippen molar-refractivity contribution in [2.75, 3.05) is 0 Å². The molecule has 0 aliphatic rings. The fourth-order valence-corrected chi connectivity index (χ4v) is 7.93. The number of pyridine rings is 1. The first-order valence-corrected chi connectivity index (χ1v) is 18.0. The molecule has 4 aromatic heterocycles. The fourth-order valence-electron chi connectivity index (χ4n) is 7.93. The van der Waals surface area contributed by atoms with Gasteiger partial charge in [0.05, 0.1) is 11.0 Å². The van der Waals surface area contributed by atoms with Crippen LogP contribution in [0.15, 0.2) is 181 Å². The standard InChI is InChI=1S/C48H29N5O/c1-2-13-31(14-3-1)46-50-47(52-48(51-46)39-21-11-23-43-44(39)40-29-49-27-26-42(40)54-43)38-20-7-6-17-34(38)32-15-10-16-33(28-32)53-41-22-9-8-19-36(41)37-25-24-30-12-4-5-18-35(30)45(37)53/h1-29H. The van der Waals surface area contributed by atoms with Gasteiger partial charge in [0, 0.05) is 61.7 Å². The highest BCUT2D eigenvalue weighted by atomic mass is 16.3. The number of hydrogen-bond donors (Lipinski definition) is 0. The van der Waals surface area contributed by atoms with Gasteiger partial charge in [-0.25, -0.2) is 15.0 Å². The van der Waals surface area contributed by atoms with Gasteiger partial charge in [0.15, 0.2) is 17.5 Å². The smallest absolute Gasteiger partial charge is 0.164 e. The average molecular weight is 692 g/mol. The quantitative estimate of drug-likeness (QED) is 0.180. The van der Waals surface area contributed by atoms with Gasteiger partial charge in [-0.3, -0.25) is 4.98 Å². The lowest BCUT2D eigenvalue weighted by Gasteiger charge is -2.14. The summed E-state index contributed by atoms with van der Waals surface area (Å²) in [6, 6.07) is 56.9. The molecular weight excluding hydrogens is 663 g/mol. The summed E-state index contributed by atoms with van der Waals surface area (Å²) in [5, 5.41) is 6.74. The van der Waals surface area contributed by atoms with Crippen molar-refractivity contribution >= 4 is 54.5 Å². The third-order valence-corrected chi connectivity index (χ3v) is 10.3. The summed E-state index contributed by atoms with van der Waals surface area (Å²) < 4.78 is 8.63. The van der Waals surface area contributed by atoms with Crippen LogP contribution in [0.1, 0.15) is 0 Å². The Labute approximate surface area is 309 Å². The average Bonchev–Trinajstić information content (AvgIpc) is 3.80. The van der Waals surface area contributed by atoms with Crippen LogP contribution in [-0.4, -0.2) is 24.5 Å². The van der Waals surface area contributed by atoms with Gasteiger partial charge in [-0.05, 0) is 46.8 Å². The van der Waals surface area contributed by atoms with Crippen molar-refractivity contribution in [1.29, 1.82) is 0 Å². The predicted octanol–water partition coefficient (Wildman–Crippen LogP) is 12.1. The van der Waals surface area contributed by atoms with Gasteiger partial charge >= 0.3 is 0 Å². The minimum absolute atomic E-state index is 0.566. The van der Waals surface area contributed by atoms with E-state index in [0.29, 0.717) is 17.5 Å². The second kappa shape index (κ2) is 12.1. The Hall–Kier alpha value is -7.44. The molecule has 6 nitrogen and oxygen atoms in total. The molecule has 0 aliphatic heterocycles. The van der Waals surface area contributed by atoms with Gasteiger partial charge in [-0.1, -0.05) is 133 Å². The molecule has 252 valence electrons. The highest BCUT2D eigenvalue weighted by molar-refractivity contribution is 6.18. The van der Waals surface area contributed by atoms with Gasteiger partial charge in [0.25, 0.3) is 0 Å². The molecular formula is C48H29N5O. The summed E-state index contributed by atoms with van der Waals surface area (Å²) in [5.41, 5.74) is 9.74. The molecule has 0 fully saturated rings. The van der Waals surface area contributed by atoms with E-state index in [0.717, 1.165) is 55.4 Å². The highest BCUT2D eigenvalue weighted by Crippen LogP contribution is 2.40. The topological polar surface area (TPSA) is 69.6 Å². The molecule has 0 amide bonds. The van der Waals surface area contributed by atoms with Crippen LogP contribution in [-0.2, 0) is 0 Å². The fraction of sp³-hybridized carbons (Fsp3) is 0. The molecule has 0 radical (unpaired) electrons. The van der Waals surface area contributed by atoms with E-state index in [1.807, 2.05) is 66.9 Å². The molecule has 0 spiro atoms. The normalized spacial score (nSPS) is 11.7. The minimum Gasteiger partial charge on any atom is -0.456 e. The molecule has 54 heavy (non-hydrogen) atoms. The molecule has 6 heteroatoms. The summed E-state index contributed by atoms with van der Waals surface area (Å²) in [5.74, 6) is 1.75. The second-order valence-corrected chi connectivity index (χ2v) is 13.5. The summed E-state index contributed by atoms with van der Waals surface area (Å²) in [4.78, 5) is 19.8. The zero-order chi connectivity index (χ0) is 35.6. The van der Waals surface area contributed by atoms with Crippen LogP contribution >= 0.6 is 0 Å². The van der Waals surface area contributed by atoms with Crippen molar-refractivity contribution in [1.82, 2.24) is 24.5 Å². The number of furan rings is 1. The van der Waals surface area contributed by atoms with Crippen LogP contribution in [0.3, 0.4) is 0 Å². The Kier molecular flexibility index (Phi) is 6.75. The van der Waals surface area contributed by atoms with Crippen LogP contribution in [0, 0.1) is 0 Å². The predicted molar refractivity (Wildman–Crippen MR) is 218 cm³/mol. The van der Waals surface area contributed by atoms with Crippen LogP contribution in [0.25, 0.3) is 105 Å². The maximum absolute atomic E-state index is 6.23. The van der Waals surface area contributed by atoms with Crippen molar-refractivity contribution in [2.45, 2.75) is 0 Å². The van der Waals surface area contributed by atoms with E-state index in [4.69, 9.17) is 19.4 Å². The number of rotatable bonds is 5. The third-order valence-electron chi connectivity index (χ3n) is 10.3. The van der Waals surface area contributed by atoms with Gasteiger partial charge in [-0.2, -0.15) is 0 Å². The third kappa shape index (κ3) is 4.74. The summed E-state index contributed by atoms with van der Waals surface area (Å²) in [7, 11) is 0. The molecule has 0 aliphatic carbocycles. The first-order valence-electron chi connectivity index (χ1n) is 18.0.